The Bertz CT molecular complexity index is 531. The minimum Gasteiger partial charge on any atom is -0.127 e. The second-order valence-electron chi connectivity index (χ2n) is 4.24. The van der Waals surface area contributed by atoms with Gasteiger partial charge in [-0.2, -0.15) is 0 Å². The largest absolute Gasteiger partial charge is 0.127 e. The van der Waals surface area contributed by atoms with Crippen LogP contribution in [0.25, 0.3) is 0 Å². The van der Waals surface area contributed by atoms with E-state index in [1.54, 1.807) is 11.3 Å². The van der Waals surface area contributed by atoms with Crippen molar-refractivity contribution in [2.45, 2.75) is 32.1 Å². The van der Waals surface area contributed by atoms with Gasteiger partial charge in [-0.15, -0.1) is 22.9 Å². The molecular formula is C15H16Cl2S. The van der Waals surface area contributed by atoms with Crippen LogP contribution in [-0.4, -0.2) is 0 Å². The van der Waals surface area contributed by atoms with Crippen LogP contribution in [0, 0.1) is 0 Å². The van der Waals surface area contributed by atoms with Gasteiger partial charge in [0.25, 0.3) is 0 Å². The van der Waals surface area contributed by atoms with Crippen LogP contribution in [-0.2, 0) is 12.8 Å². The summed E-state index contributed by atoms with van der Waals surface area (Å²) in [5.74, 6) is 0. The molecule has 0 saturated heterocycles. The number of rotatable bonds is 4. The van der Waals surface area contributed by atoms with Gasteiger partial charge in [0, 0.05) is 4.88 Å². The van der Waals surface area contributed by atoms with Crippen LogP contribution < -0.4 is 0 Å². The van der Waals surface area contributed by atoms with E-state index < -0.39 is 0 Å². The molecule has 18 heavy (non-hydrogen) atoms. The quantitative estimate of drug-likeness (QED) is 0.621. The molecule has 1 atom stereocenters. The molecule has 0 radical (unpaired) electrons. The second kappa shape index (κ2) is 6.10. The lowest BCUT2D eigenvalue weighted by Crippen LogP contribution is -1.98. The molecule has 0 aliphatic heterocycles. The Hall–Kier alpha value is -0.500. The highest BCUT2D eigenvalue weighted by Crippen LogP contribution is 2.37. The smallest absolute Gasteiger partial charge is 0.0931 e. The maximum Gasteiger partial charge on any atom is 0.0931 e. The van der Waals surface area contributed by atoms with Gasteiger partial charge in [0.05, 0.1) is 9.71 Å². The van der Waals surface area contributed by atoms with Crippen molar-refractivity contribution in [1.82, 2.24) is 0 Å². The number of thiophene rings is 1. The summed E-state index contributed by atoms with van der Waals surface area (Å²) in [5.41, 5.74) is 3.87. The van der Waals surface area contributed by atoms with Crippen molar-refractivity contribution in [3.63, 3.8) is 0 Å². The fourth-order valence-corrected chi connectivity index (χ4v) is 3.51. The van der Waals surface area contributed by atoms with Crippen molar-refractivity contribution in [1.29, 1.82) is 0 Å². The minimum atomic E-state index is -0.0936. The predicted octanol–water partition coefficient (Wildman–Crippen LogP) is 5.85. The highest BCUT2D eigenvalue weighted by Gasteiger charge is 2.16. The third-order valence-electron chi connectivity index (χ3n) is 3.12. The molecule has 0 fully saturated rings. The lowest BCUT2D eigenvalue weighted by atomic mass is 9.97. The second-order valence-corrected chi connectivity index (χ2v) is 6.43. The van der Waals surface area contributed by atoms with E-state index in [0.717, 1.165) is 22.1 Å². The van der Waals surface area contributed by atoms with Gasteiger partial charge >= 0.3 is 0 Å². The number of aryl methyl sites for hydroxylation is 2. The molecule has 1 heterocycles. The Balaban J connectivity index is 2.41. The van der Waals surface area contributed by atoms with E-state index in [-0.39, 0.29) is 5.38 Å². The molecule has 0 aliphatic rings. The summed E-state index contributed by atoms with van der Waals surface area (Å²) in [6.07, 6.45) is 2.04. The highest BCUT2D eigenvalue weighted by molar-refractivity contribution is 7.16. The molecule has 0 amide bonds. The maximum atomic E-state index is 6.61. The standard InChI is InChI=1S/C15H16Cl2S/c1-3-10-5-6-11(4-2)12(9-10)15(17)13-7-8-14(16)18-13/h5-9,15H,3-4H2,1-2H3. The minimum absolute atomic E-state index is 0.0936. The lowest BCUT2D eigenvalue weighted by molar-refractivity contribution is 1.03. The first-order chi connectivity index (χ1) is 8.65. The average molecular weight is 299 g/mol. The first kappa shape index (κ1) is 13.9. The molecule has 0 spiro atoms. The van der Waals surface area contributed by atoms with Crippen molar-refractivity contribution in [3.05, 3.63) is 56.2 Å². The predicted molar refractivity (Wildman–Crippen MR) is 82.2 cm³/mol. The summed E-state index contributed by atoms with van der Waals surface area (Å²) < 4.78 is 0.792. The SMILES string of the molecule is CCc1ccc(CC)c(C(Cl)c2ccc(Cl)s2)c1. The van der Waals surface area contributed by atoms with Crippen LogP contribution in [0.2, 0.25) is 4.34 Å². The summed E-state index contributed by atoms with van der Waals surface area (Å²) >= 11 is 14.2. The Kier molecular flexibility index (Phi) is 4.71. The van der Waals surface area contributed by atoms with Crippen LogP contribution in [0.15, 0.2) is 30.3 Å². The summed E-state index contributed by atoms with van der Waals surface area (Å²) in [6.45, 7) is 4.32. The Morgan fingerprint density at radius 3 is 2.44 bits per heavy atom. The van der Waals surface area contributed by atoms with Gasteiger partial charge in [-0.1, -0.05) is 43.6 Å². The van der Waals surface area contributed by atoms with Gasteiger partial charge in [-0.25, -0.2) is 0 Å². The monoisotopic (exact) mass is 298 g/mol. The van der Waals surface area contributed by atoms with Crippen LogP contribution >= 0.6 is 34.5 Å². The Morgan fingerprint density at radius 1 is 1.11 bits per heavy atom. The van der Waals surface area contributed by atoms with Crippen molar-refractivity contribution in [2.24, 2.45) is 0 Å². The van der Waals surface area contributed by atoms with E-state index in [4.69, 9.17) is 23.2 Å². The fraction of sp³-hybridized carbons (Fsp3) is 0.333. The van der Waals surface area contributed by atoms with Gasteiger partial charge < -0.3 is 0 Å². The van der Waals surface area contributed by atoms with Crippen molar-refractivity contribution >= 4 is 34.5 Å². The third kappa shape index (κ3) is 2.90. The van der Waals surface area contributed by atoms with Crippen LogP contribution in [0.3, 0.4) is 0 Å². The molecule has 96 valence electrons. The first-order valence-corrected chi connectivity index (χ1v) is 7.79. The van der Waals surface area contributed by atoms with Gasteiger partial charge in [0.2, 0.25) is 0 Å². The topological polar surface area (TPSA) is 0 Å². The van der Waals surface area contributed by atoms with Crippen molar-refractivity contribution < 1.29 is 0 Å². The van der Waals surface area contributed by atoms with Gasteiger partial charge in [-0.3, -0.25) is 0 Å². The summed E-state index contributed by atoms with van der Waals surface area (Å²) in [4.78, 5) is 1.12. The molecule has 1 unspecified atom stereocenters. The zero-order valence-electron chi connectivity index (χ0n) is 10.5. The van der Waals surface area contributed by atoms with E-state index in [1.165, 1.54) is 16.7 Å². The zero-order valence-corrected chi connectivity index (χ0v) is 12.9. The third-order valence-corrected chi connectivity index (χ3v) is 5.01. The molecule has 0 bridgehead atoms. The Labute approximate surface area is 123 Å². The number of hydrogen-bond donors (Lipinski definition) is 0. The Morgan fingerprint density at radius 2 is 1.89 bits per heavy atom. The van der Waals surface area contributed by atoms with Gasteiger partial charge in [0.1, 0.15) is 0 Å². The molecule has 1 aromatic heterocycles. The van der Waals surface area contributed by atoms with E-state index >= 15 is 0 Å². The molecule has 1 aromatic carbocycles. The number of hydrogen-bond acceptors (Lipinski definition) is 1. The van der Waals surface area contributed by atoms with E-state index in [0.29, 0.717) is 0 Å². The molecule has 2 aromatic rings. The number of alkyl halides is 1. The molecule has 0 N–H and O–H groups in total. The molecule has 0 aliphatic carbocycles. The average Bonchev–Trinajstić information content (AvgIpc) is 2.83. The molecule has 0 nitrogen and oxygen atoms in total. The number of benzene rings is 1. The zero-order chi connectivity index (χ0) is 13.1. The fourth-order valence-electron chi connectivity index (χ4n) is 2.04. The van der Waals surface area contributed by atoms with Gasteiger partial charge in [0.15, 0.2) is 0 Å². The number of halogens is 2. The van der Waals surface area contributed by atoms with Crippen LogP contribution in [0.1, 0.15) is 40.8 Å². The summed E-state index contributed by atoms with van der Waals surface area (Å²) in [6, 6.07) is 10.5. The van der Waals surface area contributed by atoms with Crippen LogP contribution in [0.4, 0.5) is 0 Å². The van der Waals surface area contributed by atoms with Crippen molar-refractivity contribution in [2.75, 3.05) is 0 Å². The lowest BCUT2D eigenvalue weighted by Gasteiger charge is -2.14. The first-order valence-electron chi connectivity index (χ1n) is 6.16. The highest BCUT2D eigenvalue weighted by atomic mass is 35.5. The molecule has 3 heteroatoms. The molecular weight excluding hydrogens is 283 g/mol. The van der Waals surface area contributed by atoms with E-state index in [1.807, 2.05) is 12.1 Å². The maximum absolute atomic E-state index is 6.61. The summed E-state index contributed by atoms with van der Waals surface area (Å²) in [5, 5.41) is -0.0936. The van der Waals surface area contributed by atoms with Crippen LogP contribution in [0.5, 0.6) is 0 Å². The van der Waals surface area contributed by atoms with E-state index in [9.17, 15) is 0 Å². The molecule has 0 saturated carbocycles. The summed E-state index contributed by atoms with van der Waals surface area (Å²) in [7, 11) is 0. The van der Waals surface area contributed by atoms with Crippen molar-refractivity contribution in [3.8, 4) is 0 Å². The normalized spacial score (nSPS) is 12.7. The van der Waals surface area contributed by atoms with E-state index in [2.05, 4.69) is 32.0 Å². The van der Waals surface area contributed by atoms with Gasteiger partial charge in [-0.05, 0) is 41.7 Å². The molecule has 2 rings (SSSR count).